The van der Waals surface area contributed by atoms with Crippen LogP contribution < -0.4 is 0 Å². The minimum atomic E-state index is -0.292. The Labute approximate surface area is 110 Å². The van der Waals surface area contributed by atoms with Crippen LogP contribution in [0, 0.1) is 0 Å². The van der Waals surface area contributed by atoms with E-state index in [1.54, 1.807) is 11.3 Å². The molecule has 2 unspecified atom stereocenters. The van der Waals surface area contributed by atoms with Crippen molar-refractivity contribution in [3.8, 4) is 0 Å². The Balaban J connectivity index is 1.71. The number of halogens is 1. The molecule has 0 saturated carbocycles. The molecule has 3 rings (SSSR count). The van der Waals surface area contributed by atoms with Crippen molar-refractivity contribution in [3.05, 3.63) is 56.7 Å². The molecule has 0 saturated heterocycles. The first-order valence-corrected chi connectivity index (χ1v) is 6.93. The second-order valence-corrected chi connectivity index (χ2v) is 6.29. The van der Waals surface area contributed by atoms with Crippen LogP contribution in [-0.2, 0) is 12.8 Å². The fourth-order valence-corrected chi connectivity index (χ4v) is 3.59. The zero-order chi connectivity index (χ0) is 11.8. The van der Waals surface area contributed by atoms with Gasteiger partial charge in [-0.3, -0.25) is 0 Å². The van der Waals surface area contributed by atoms with Gasteiger partial charge in [0.15, 0.2) is 0 Å². The second-order valence-electron chi connectivity index (χ2n) is 4.49. The Hall–Kier alpha value is -0.830. The Bertz CT molecular complexity index is 535. The first kappa shape index (κ1) is 11.3. The number of benzene rings is 1. The Morgan fingerprint density at radius 2 is 2.12 bits per heavy atom. The summed E-state index contributed by atoms with van der Waals surface area (Å²) in [6, 6.07) is 12.2. The number of aliphatic hydroxyl groups is 1. The minimum absolute atomic E-state index is 0.292. The number of hydrogen-bond donors (Lipinski definition) is 1. The molecule has 1 aliphatic carbocycles. The predicted molar refractivity (Wildman–Crippen MR) is 71.9 cm³/mol. The molecular formula is C14H13ClOS. The molecule has 1 aliphatic rings. The molecule has 3 heteroatoms. The van der Waals surface area contributed by atoms with Crippen molar-refractivity contribution in [2.75, 3.05) is 0 Å². The van der Waals surface area contributed by atoms with E-state index in [0.717, 1.165) is 15.6 Å². The summed E-state index contributed by atoms with van der Waals surface area (Å²) in [7, 11) is 0. The van der Waals surface area contributed by atoms with Crippen LogP contribution in [0.3, 0.4) is 0 Å². The third-order valence-electron chi connectivity index (χ3n) is 3.40. The van der Waals surface area contributed by atoms with Crippen LogP contribution >= 0.6 is 22.9 Å². The van der Waals surface area contributed by atoms with Gasteiger partial charge >= 0.3 is 0 Å². The molecule has 2 atom stereocenters. The lowest BCUT2D eigenvalue weighted by Gasteiger charge is -2.33. The molecule has 88 valence electrons. The molecule has 1 heterocycles. The smallest absolute Gasteiger partial charge is 0.0931 e. The van der Waals surface area contributed by atoms with Gasteiger partial charge in [-0.1, -0.05) is 35.9 Å². The summed E-state index contributed by atoms with van der Waals surface area (Å²) >= 11 is 7.44. The van der Waals surface area contributed by atoms with Gasteiger partial charge < -0.3 is 5.11 Å². The standard InChI is InChI=1S/C14H13ClOS/c15-14-6-5-10(17-14)8-13(16)12-7-9-3-1-2-4-11(9)12/h1-6,12-13,16H,7-8H2. The van der Waals surface area contributed by atoms with Crippen molar-refractivity contribution in [1.29, 1.82) is 0 Å². The first-order chi connectivity index (χ1) is 8.24. The van der Waals surface area contributed by atoms with Crippen LogP contribution in [-0.4, -0.2) is 11.2 Å². The van der Waals surface area contributed by atoms with E-state index < -0.39 is 0 Å². The third-order valence-corrected chi connectivity index (χ3v) is 4.65. The number of aliphatic hydroxyl groups excluding tert-OH is 1. The molecule has 1 N–H and O–H groups in total. The number of hydrogen-bond acceptors (Lipinski definition) is 2. The molecule has 0 fully saturated rings. The Morgan fingerprint density at radius 1 is 1.29 bits per heavy atom. The molecule has 0 bridgehead atoms. The van der Waals surface area contributed by atoms with Crippen LogP contribution in [0.2, 0.25) is 4.34 Å². The molecule has 0 radical (unpaired) electrons. The minimum Gasteiger partial charge on any atom is -0.392 e. The molecule has 1 aromatic carbocycles. The molecule has 0 spiro atoms. The molecule has 17 heavy (non-hydrogen) atoms. The summed E-state index contributed by atoms with van der Waals surface area (Å²) in [6.07, 6.45) is 1.41. The zero-order valence-corrected chi connectivity index (χ0v) is 10.8. The highest BCUT2D eigenvalue weighted by Gasteiger charge is 2.31. The van der Waals surface area contributed by atoms with Crippen molar-refractivity contribution >= 4 is 22.9 Å². The van der Waals surface area contributed by atoms with Crippen molar-refractivity contribution in [3.63, 3.8) is 0 Å². The zero-order valence-electron chi connectivity index (χ0n) is 9.27. The van der Waals surface area contributed by atoms with Crippen LogP contribution in [0.15, 0.2) is 36.4 Å². The molecule has 2 aromatic rings. The van der Waals surface area contributed by atoms with Crippen molar-refractivity contribution in [2.45, 2.75) is 24.9 Å². The van der Waals surface area contributed by atoms with Gasteiger partial charge in [-0.05, 0) is 29.7 Å². The first-order valence-electron chi connectivity index (χ1n) is 5.74. The van der Waals surface area contributed by atoms with Gasteiger partial charge in [0, 0.05) is 17.2 Å². The maximum atomic E-state index is 10.2. The number of thiophene rings is 1. The topological polar surface area (TPSA) is 20.2 Å². The largest absolute Gasteiger partial charge is 0.392 e. The highest BCUT2D eigenvalue weighted by Crippen LogP contribution is 2.38. The normalized spacial score (nSPS) is 19.5. The maximum Gasteiger partial charge on any atom is 0.0931 e. The highest BCUT2D eigenvalue weighted by atomic mass is 35.5. The van der Waals surface area contributed by atoms with Gasteiger partial charge in [-0.15, -0.1) is 11.3 Å². The maximum absolute atomic E-state index is 10.2. The van der Waals surface area contributed by atoms with E-state index in [1.807, 2.05) is 18.2 Å². The van der Waals surface area contributed by atoms with Crippen LogP contribution in [0.5, 0.6) is 0 Å². The lowest BCUT2D eigenvalue weighted by atomic mass is 9.74. The number of fused-ring (bicyclic) bond motifs is 1. The van der Waals surface area contributed by atoms with E-state index in [-0.39, 0.29) is 6.10 Å². The summed E-state index contributed by atoms with van der Waals surface area (Å²) in [6.45, 7) is 0. The molecule has 1 nitrogen and oxygen atoms in total. The lowest BCUT2D eigenvalue weighted by Crippen LogP contribution is -2.30. The SMILES string of the molecule is OC(Cc1ccc(Cl)s1)C1Cc2ccccc21. The summed E-state index contributed by atoms with van der Waals surface area (Å²) < 4.78 is 0.793. The summed E-state index contributed by atoms with van der Waals surface area (Å²) in [5.41, 5.74) is 2.68. The van der Waals surface area contributed by atoms with Gasteiger partial charge in [-0.25, -0.2) is 0 Å². The molecule has 0 aliphatic heterocycles. The van der Waals surface area contributed by atoms with Crippen molar-refractivity contribution < 1.29 is 5.11 Å². The number of rotatable bonds is 3. The van der Waals surface area contributed by atoms with Crippen molar-refractivity contribution in [1.82, 2.24) is 0 Å². The quantitative estimate of drug-likeness (QED) is 0.897. The summed E-state index contributed by atoms with van der Waals surface area (Å²) in [5.74, 6) is 0.298. The van der Waals surface area contributed by atoms with Gasteiger partial charge in [-0.2, -0.15) is 0 Å². The monoisotopic (exact) mass is 264 g/mol. The lowest BCUT2D eigenvalue weighted by molar-refractivity contribution is 0.134. The fraction of sp³-hybridized carbons (Fsp3) is 0.286. The van der Waals surface area contributed by atoms with Gasteiger partial charge in [0.25, 0.3) is 0 Å². The van der Waals surface area contributed by atoms with E-state index in [1.165, 1.54) is 11.1 Å². The van der Waals surface area contributed by atoms with Crippen molar-refractivity contribution in [2.24, 2.45) is 0 Å². The van der Waals surface area contributed by atoms with Crippen LogP contribution in [0.4, 0.5) is 0 Å². The van der Waals surface area contributed by atoms with E-state index in [2.05, 4.69) is 18.2 Å². The van der Waals surface area contributed by atoms with Crippen LogP contribution in [0.25, 0.3) is 0 Å². The Morgan fingerprint density at radius 3 is 2.82 bits per heavy atom. The van der Waals surface area contributed by atoms with Gasteiger partial charge in [0.1, 0.15) is 0 Å². The molecule has 1 aromatic heterocycles. The van der Waals surface area contributed by atoms with Crippen LogP contribution in [0.1, 0.15) is 21.9 Å². The average Bonchev–Trinajstić information content (AvgIpc) is 2.66. The Kier molecular flexibility index (Phi) is 2.95. The summed E-state index contributed by atoms with van der Waals surface area (Å²) in [4.78, 5) is 1.16. The van der Waals surface area contributed by atoms with E-state index >= 15 is 0 Å². The second kappa shape index (κ2) is 4.45. The van der Waals surface area contributed by atoms with Gasteiger partial charge in [0.2, 0.25) is 0 Å². The van der Waals surface area contributed by atoms with E-state index in [9.17, 15) is 5.11 Å². The predicted octanol–water partition coefficient (Wildman–Crippen LogP) is 3.64. The third kappa shape index (κ3) is 2.13. The molecular weight excluding hydrogens is 252 g/mol. The summed E-state index contributed by atoms with van der Waals surface area (Å²) in [5, 5.41) is 10.2. The molecule has 0 amide bonds. The highest BCUT2D eigenvalue weighted by molar-refractivity contribution is 7.16. The van der Waals surface area contributed by atoms with Gasteiger partial charge in [0.05, 0.1) is 10.4 Å². The fourth-order valence-electron chi connectivity index (χ4n) is 2.45. The van der Waals surface area contributed by atoms with E-state index in [0.29, 0.717) is 12.3 Å². The van der Waals surface area contributed by atoms with E-state index in [4.69, 9.17) is 11.6 Å². The average molecular weight is 265 g/mol.